The number of rotatable bonds is 4. The second-order valence-corrected chi connectivity index (χ2v) is 3.63. The van der Waals surface area contributed by atoms with Gasteiger partial charge in [0.15, 0.2) is 0 Å². The maximum absolute atomic E-state index is 5.82. The molecule has 0 fully saturated rings. The standard InChI is InChI=1S/C11H11ClN2O2/c1-13-6-9-7-15-11(14-9)16-10-4-2-3-8(12)5-10/h2-5,7,13H,6H2,1H3. The summed E-state index contributed by atoms with van der Waals surface area (Å²) in [6, 6.07) is 7.06. The maximum atomic E-state index is 5.82. The second-order valence-electron chi connectivity index (χ2n) is 3.19. The van der Waals surface area contributed by atoms with Crippen molar-refractivity contribution in [1.82, 2.24) is 10.3 Å². The topological polar surface area (TPSA) is 47.3 Å². The Balaban J connectivity index is 2.08. The van der Waals surface area contributed by atoms with E-state index < -0.39 is 0 Å². The van der Waals surface area contributed by atoms with E-state index in [4.69, 9.17) is 20.8 Å². The Kier molecular flexibility index (Phi) is 3.44. The van der Waals surface area contributed by atoms with E-state index in [0.717, 1.165) is 5.69 Å². The van der Waals surface area contributed by atoms with Crippen LogP contribution in [0.15, 0.2) is 34.9 Å². The minimum Gasteiger partial charge on any atom is -0.417 e. The van der Waals surface area contributed by atoms with Gasteiger partial charge in [-0.3, -0.25) is 0 Å². The first-order valence-corrected chi connectivity index (χ1v) is 5.18. The van der Waals surface area contributed by atoms with Gasteiger partial charge in [-0.15, -0.1) is 0 Å². The molecule has 84 valence electrons. The normalized spacial score (nSPS) is 10.4. The molecule has 2 aromatic rings. The first kappa shape index (κ1) is 11.0. The lowest BCUT2D eigenvalue weighted by atomic mass is 10.3. The Labute approximate surface area is 98.2 Å². The Morgan fingerprint density at radius 2 is 2.38 bits per heavy atom. The summed E-state index contributed by atoms with van der Waals surface area (Å²) in [5, 5.41) is 3.58. The van der Waals surface area contributed by atoms with Crippen molar-refractivity contribution in [3.05, 3.63) is 41.2 Å². The van der Waals surface area contributed by atoms with E-state index in [-0.39, 0.29) is 6.08 Å². The van der Waals surface area contributed by atoms with Crippen LogP contribution in [0, 0.1) is 0 Å². The largest absolute Gasteiger partial charge is 0.417 e. The average molecular weight is 239 g/mol. The Morgan fingerprint density at radius 3 is 3.12 bits per heavy atom. The third-order valence-electron chi connectivity index (χ3n) is 1.89. The predicted molar refractivity (Wildman–Crippen MR) is 60.8 cm³/mol. The molecule has 1 aromatic heterocycles. The molecule has 0 amide bonds. The fraction of sp³-hybridized carbons (Fsp3) is 0.182. The molecule has 16 heavy (non-hydrogen) atoms. The first-order valence-electron chi connectivity index (χ1n) is 4.80. The molecule has 2 rings (SSSR count). The van der Waals surface area contributed by atoms with Crippen LogP contribution in [0.2, 0.25) is 5.02 Å². The second kappa shape index (κ2) is 5.01. The molecular formula is C11H11ClN2O2. The minimum absolute atomic E-state index is 0.215. The predicted octanol–water partition coefficient (Wildman–Crippen LogP) is 2.84. The smallest absolute Gasteiger partial charge is 0.399 e. The molecule has 1 N–H and O–H groups in total. The molecule has 0 aliphatic heterocycles. The number of hydrogen-bond acceptors (Lipinski definition) is 4. The van der Waals surface area contributed by atoms with E-state index in [1.54, 1.807) is 30.5 Å². The summed E-state index contributed by atoms with van der Waals surface area (Å²) in [4.78, 5) is 4.13. The number of aromatic nitrogens is 1. The third kappa shape index (κ3) is 2.74. The molecule has 5 heteroatoms. The SMILES string of the molecule is CNCc1coc(Oc2cccc(Cl)c2)n1. The molecule has 0 aliphatic carbocycles. The van der Waals surface area contributed by atoms with Crippen LogP contribution in [0.5, 0.6) is 11.8 Å². The van der Waals surface area contributed by atoms with Gasteiger partial charge in [0.25, 0.3) is 0 Å². The van der Waals surface area contributed by atoms with Crippen LogP contribution in [0.4, 0.5) is 0 Å². The van der Waals surface area contributed by atoms with Crippen molar-refractivity contribution in [2.45, 2.75) is 6.54 Å². The molecule has 0 spiro atoms. The number of nitrogens with one attached hydrogen (secondary N) is 1. The van der Waals surface area contributed by atoms with Crippen molar-refractivity contribution in [2.75, 3.05) is 7.05 Å². The summed E-state index contributed by atoms with van der Waals surface area (Å²) in [5.41, 5.74) is 0.791. The summed E-state index contributed by atoms with van der Waals surface area (Å²) in [6.07, 6.45) is 1.77. The molecule has 0 saturated carbocycles. The van der Waals surface area contributed by atoms with Gasteiger partial charge in [0.1, 0.15) is 12.0 Å². The van der Waals surface area contributed by atoms with E-state index in [0.29, 0.717) is 17.3 Å². The van der Waals surface area contributed by atoms with Crippen LogP contribution in [0.3, 0.4) is 0 Å². The fourth-order valence-corrected chi connectivity index (χ4v) is 1.41. The summed E-state index contributed by atoms with van der Waals surface area (Å²) < 4.78 is 10.5. The molecule has 0 unspecified atom stereocenters. The zero-order valence-corrected chi connectivity index (χ0v) is 9.49. The van der Waals surface area contributed by atoms with Crippen molar-refractivity contribution in [1.29, 1.82) is 0 Å². The van der Waals surface area contributed by atoms with Gasteiger partial charge < -0.3 is 14.5 Å². The van der Waals surface area contributed by atoms with Crippen molar-refractivity contribution in [3.8, 4) is 11.8 Å². The summed E-state index contributed by atoms with van der Waals surface area (Å²) in [6.45, 7) is 0.641. The van der Waals surface area contributed by atoms with Gasteiger partial charge in [0, 0.05) is 11.6 Å². The van der Waals surface area contributed by atoms with Gasteiger partial charge in [-0.1, -0.05) is 17.7 Å². The highest BCUT2D eigenvalue weighted by molar-refractivity contribution is 6.30. The number of nitrogens with zero attached hydrogens (tertiary/aromatic N) is 1. The van der Waals surface area contributed by atoms with Crippen molar-refractivity contribution < 1.29 is 9.15 Å². The molecular weight excluding hydrogens is 228 g/mol. The van der Waals surface area contributed by atoms with E-state index in [1.165, 1.54) is 0 Å². The van der Waals surface area contributed by atoms with E-state index in [9.17, 15) is 0 Å². The molecule has 1 aromatic carbocycles. The van der Waals surface area contributed by atoms with Crippen LogP contribution in [0.25, 0.3) is 0 Å². The molecule has 0 aliphatic rings. The van der Waals surface area contributed by atoms with Gasteiger partial charge in [0.2, 0.25) is 0 Å². The average Bonchev–Trinajstić information content (AvgIpc) is 2.66. The Bertz CT molecular complexity index is 471. The lowest BCUT2D eigenvalue weighted by molar-refractivity contribution is 0.331. The number of benzene rings is 1. The van der Waals surface area contributed by atoms with E-state index in [2.05, 4.69) is 10.3 Å². The monoisotopic (exact) mass is 238 g/mol. The molecule has 0 saturated heterocycles. The molecule has 0 radical (unpaired) electrons. The van der Waals surface area contributed by atoms with E-state index >= 15 is 0 Å². The van der Waals surface area contributed by atoms with Crippen molar-refractivity contribution in [3.63, 3.8) is 0 Å². The van der Waals surface area contributed by atoms with Crippen molar-refractivity contribution in [2.24, 2.45) is 0 Å². The van der Waals surface area contributed by atoms with Gasteiger partial charge in [-0.25, -0.2) is 0 Å². The van der Waals surface area contributed by atoms with Crippen LogP contribution in [0.1, 0.15) is 5.69 Å². The minimum atomic E-state index is 0.215. The first-order chi connectivity index (χ1) is 7.78. The Hall–Kier alpha value is -1.52. The van der Waals surface area contributed by atoms with Crippen LogP contribution >= 0.6 is 11.6 Å². The molecule has 4 nitrogen and oxygen atoms in total. The van der Waals surface area contributed by atoms with Crippen LogP contribution in [-0.4, -0.2) is 12.0 Å². The van der Waals surface area contributed by atoms with Crippen LogP contribution < -0.4 is 10.1 Å². The highest BCUT2D eigenvalue weighted by Crippen LogP contribution is 2.23. The summed E-state index contributed by atoms with van der Waals surface area (Å²) in [7, 11) is 1.84. The summed E-state index contributed by atoms with van der Waals surface area (Å²) in [5.74, 6) is 0.602. The number of oxazole rings is 1. The van der Waals surface area contributed by atoms with E-state index in [1.807, 2.05) is 7.05 Å². The van der Waals surface area contributed by atoms with Crippen molar-refractivity contribution >= 4 is 11.6 Å². The maximum Gasteiger partial charge on any atom is 0.399 e. The zero-order chi connectivity index (χ0) is 11.4. The quantitative estimate of drug-likeness (QED) is 0.890. The third-order valence-corrected chi connectivity index (χ3v) is 2.12. The molecule has 1 heterocycles. The number of ether oxygens (including phenoxy) is 1. The fourth-order valence-electron chi connectivity index (χ4n) is 1.23. The van der Waals surface area contributed by atoms with Gasteiger partial charge >= 0.3 is 6.08 Å². The molecule has 0 atom stereocenters. The molecule has 0 bridgehead atoms. The lowest BCUT2D eigenvalue weighted by Crippen LogP contribution is -2.04. The Morgan fingerprint density at radius 1 is 1.50 bits per heavy atom. The lowest BCUT2D eigenvalue weighted by Gasteiger charge is -1.99. The summed E-state index contributed by atoms with van der Waals surface area (Å²) >= 11 is 5.82. The zero-order valence-electron chi connectivity index (χ0n) is 8.74. The number of hydrogen-bond donors (Lipinski definition) is 1. The van der Waals surface area contributed by atoms with Gasteiger partial charge in [0.05, 0.1) is 5.69 Å². The van der Waals surface area contributed by atoms with Crippen LogP contribution in [-0.2, 0) is 6.54 Å². The highest BCUT2D eigenvalue weighted by Gasteiger charge is 2.05. The number of halogens is 1. The van der Waals surface area contributed by atoms with Gasteiger partial charge in [-0.2, -0.15) is 4.98 Å². The van der Waals surface area contributed by atoms with Gasteiger partial charge in [-0.05, 0) is 25.2 Å². The highest BCUT2D eigenvalue weighted by atomic mass is 35.5.